The van der Waals surface area contributed by atoms with Crippen molar-refractivity contribution in [2.24, 2.45) is 5.16 Å². The molecule has 2 aliphatic carbocycles. The third kappa shape index (κ3) is 5.53. The number of benzene rings is 4. The lowest BCUT2D eigenvalue weighted by Gasteiger charge is -2.06. The fourth-order valence-corrected chi connectivity index (χ4v) is 6.86. The van der Waals surface area contributed by atoms with Crippen LogP contribution in [0.5, 0.6) is 0 Å². The van der Waals surface area contributed by atoms with Gasteiger partial charge in [-0.05, 0) is 41.0 Å². The van der Waals surface area contributed by atoms with Crippen molar-refractivity contribution < 1.29 is 19.2 Å². The van der Waals surface area contributed by atoms with Crippen LogP contribution in [0.25, 0.3) is 11.1 Å². The van der Waals surface area contributed by atoms with Crippen molar-refractivity contribution in [1.29, 1.82) is 0 Å². The van der Waals surface area contributed by atoms with Crippen LogP contribution in [0, 0.1) is 0 Å². The Kier molecular flexibility index (Phi) is 8.76. The number of nitrogens with one attached hydrogen (secondary N) is 2. The van der Waals surface area contributed by atoms with Gasteiger partial charge in [0.2, 0.25) is 0 Å². The Bertz CT molecular complexity index is 2150. The van der Waals surface area contributed by atoms with E-state index in [2.05, 4.69) is 15.8 Å². The van der Waals surface area contributed by atoms with Crippen LogP contribution in [0.15, 0.2) is 89.1 Å². The van der Waals surface area contributed by atoms with Crippen LogP contribution in [-0.2, 0) is 27.3 Å². The Hall–Kier alpha value is -4.40. The number of rotatable bonds is 1. The molecule has 7 nitrogen and oxygen atoms in total. The van der Waals surface area contributed by atoms with Gasteiger partial charge >= 0.3 is 0 Å². The SMILES string of the molecule is C.CO/N=C1/C(=C2/C(=O)Nc3cc(Cl)c(Cl)cc32)Cc2ccccc21.O=C1Nc2cc(Cl)c(Cl)cc2/C1=C1/Cc2ccccc2C1=O. The molecule has 0 bridgehead atoms. The van der Waals surface area contributed by atoms with Gasteiger partial charge in [0.05, 0.1) is 42.6 Å². The highest BCUT2D eigenvalue weighted by atomic mass is 35.5. The number of Topliss-reactive ketones (excluding diaryl/α,β-unsaturated/α-hetero) is 1. The Morgan fingerprint density at radius 1 is 0.617 bits per heavy atom. The summed E-state index contributed by atoms with van der Waals surface area (Å²) < 4.78 is 0. The molecular formula is C36H25Cl4N3O4. The van der Waals surface area contributed by atoms with E-state index in [1.54, 1.807) is 30.3 Å². The lowest BCUT2D eigenvalue weighted by molar-refractivity contribution is -0.111. The zero-order valence-electron chi connectivity index (χ0n) is 23.9. The monoisotopic (exact) mass is 703 g/mol. The summed E-state index contributed by atoms with van der Waals surface area (Å²) in [6.45, 7) is 0. The molecule has 0 aromatic heterocycles. The molecule has 0 atom stereocenters. The molecule has 2 amide bonds. The number of nitrogens with zero attached hydrogens (tertiary/aromatic N) is 1. The number of hydrogen-bond donors (Lipinski definition) is 2. The molecule has 0 fully saturated rings. The van der Waals surface area contributed by atoms with Crippen LogP contribution >= 0.6 is 46.4 Å². The van der Waals surface area contributed by atoms with E-state index in [4.69, 9.17) is 51.2 Å². The fourth-order valence-electron chi connectivity index (χ4n) is 6.20. The van der Waals surface area contributed by atoms with Crippen LogP contribution in [0.2, 0.25) is 20.1 Å². The molecule has 0 spiro atoms. The maximum Gasteiger partial charge on any atom is 0.256 e. The Morgan fingerprint density at radius 2 is 1.06 bits per heavy atom. The summed E-state index contributed by atoms with van der Waals surface area (Å²) in [6, 6.07) is 21.9. The average molecular weight is 705 g/mol. The third-order valence-electron chi connectivity index (χ3n) is 8.23. The fraction of sp³-hybridized carbons (Fsp3) is 0.111. The van der Waals surface area contributed by atoms with E-state index in [0.29, 0.717) is 77.9 Å². The van der Waals surface area contributed by atoms with Crippen LogP contribution < -0.4 is 10.6 Å². The molecule has 2 N–H and O–H groups in total. The number of amides is 2. The van der Waals surface area contributed by atoms with Gasteiger partial charge in [0.1, 0.15) is 12.8 Å². The lowest BCUT2D eigenvalue weighted by atomic mass is 9.98. The molecule has 0 saturated carbocycles. The van der Waals surface area contributed by atoms with Crippen LogP contribution in [0.4, 0.5) is 11.4 Å². The summed E-state index contributed by atoms with van der Waals surface area (Å²) in [5, 5.41) is 11.3. The second kappa shape index (κ2) is 12.7. The minimum Gasteiger partial charge on any atom is -0.399 e. The van der Waals surface area contributed by atoms with Gasteiger partial charge in [-0.2, -0.15) is 0 Å². The van der Waals surface area contributed by atoms with E-state index in [1.807, 2.05) is 42.5 Å². The number of halogens is 4. The summed E-state index contributed by atoms with van der Waals surface area (Å²) in [4.78, 5) is 42.5. The van der Waals surface area contributed by atoms with E-state index in [1.165, 1.54) is 7.11 Å². The van der Waals surface area contributed by atoms with Crippen molar-refractivity contribution in [2.45, 2.75) is 20.3 Å². The van der Waals surface area contributed by atoms with Crippen molar-refractivity contribution >= 4 is 92.2 Å². The van der Waals surface area contributed by atoms with Crippen molar-refractivity contribution in [3.05, 3.63) is 137 Å². The molecule has 0 radical (unpaired) electrons. The molecule has 8 rings (SSSR count). The quantitative estimate of drug-likeness (QED) is 0.153. The van der Waals surface area contributed by atoms with E-state index in [0.717, 1.165) is 27.8 Å². The first-order chi connectivity index (χ1) is 22.2. The predicted molar refractivity (Wildman–Crippen MR) is 189 cm³/mol. The maximum absolute atomic E-state index is 12.6. The topological polar surface area (TPSA) is 96.9 Å². The number of hydrogen-bond acceptors (Lipinski definition) is 5. The zero-order valence-corrected chi connectivity index (χ0v) is 27.0. The third-order valence-corrected chi connectivity index (χ3v) is 9.67. The molecular weight excluding hydrogens is 680 g/mol. The molecule has 47 heavy (non-hydrogen) atoms. The molecule has 4 aromatic rings. The van der Waals surface area contributed by atoms with Crippen LogP contribution in [-0.4, -0.2) is 30.4 Å². The molecule has 236 valence electrons. The second-order valence-corrected chi connectivity index (χ2v) is 12.5. The average Bonchev–Trinajstić information content (AvgIpc) is 3.74. The van der Waals surface area contributed by atoms with E-state index in [9.17, 15) is 14.4 Å². The first-order valence-electron chi connectivity index (χ1n) is 14.1. The number of carbonyl (C=O) groups is 3. The molecule has 2 aliphatic heterocycles. The Labute approximate surface area is 290 Å². The van der Waals surface area contributed by atoms with E-state index >= 15 is 0 Å². The van der Waals surface area contributed by atoms with Gasteiger partial charge in [0.25, 0.3) is 11.8 Å². The Balaban J connectivity index is 0.000000161. The van der Waals surface area contributed by atoms with E-state index in [-0.39, 0.29) is 25.0 Å². The van der Waals surface area contributed by atoms with Crippen molar-refractivity contribution in [1.82, 2.24) is 0 Å². The number of carbonyl (C=O) groups excluding carboxylic acids is 3. The lowest BCUT2D eigenvalue weighted by Crippen LogP contribution is -2.10. The number of oxime groups is 1. The predicted octanol–water partition coefficient (Wildman–Crippen LogP) is 9.08. The summed E-state index contributed by atoms with van der Waals surface area (Å²) in [5.41, 5.74) is 9.28. The number of allylic oxidation sites excluding steroid dienone is 2. The zero-order chi connectivity index (χ0) is 32.3. The minimum atomic E-state index is -0.288. The standard InChI is InChI=1S/C18H12Cl2N2O2.C17H9Cl2NO2.CH4/c1-24-22-17-10-5-3-2-4-9(10)6-12(17)16-11-7-13(19)14(20)8-15(11)21-18(16)23;18-12-6-10-14(7-13(12)19)20-17(22)15(10)11-5-8-3-1-2-4-9(8)16(11)21;/h2-5,7-8H,6H2,1H3,(H,21,23);1-4,6-7H,5H2,(H,20,22);1H4/b16-12+,22-17+;15-11+;. The largest absolute Gasteiger partial charge is 0.399 e. The summed E-state index contributed by atoms with van der Waals surface area (Å²) in [5.74, 6) is -0.570. The van der Waals surface area contributed by atoms with Gasteiger partial charge in [-0.15, -0.1) is 0 Å². The van der Waals surface area contributed by atoms with Crippen molar-refractivity contribution in [2.75, 3.05) is 17.7 Å². The highest BCUT2D eigenvalue weighted by Gasteiger charge is 2.36. The van der Waals surface area contributed by atoms with Gasteiger partial charge in [0, 0.05) is 40.7 Å². The normalized spacial score (nSPS) is 19.3. The molecule has 4 aliphatic rings. The number of ketones is 1. The number of fused-ring (bicyclic) bond motifs is 4. The number of anilines is 2. The van der Waals surface area contributed by atoms with Crippen molar-refractivity contribution in [3.8, 4) is 0 Å². The van der Waals surface area contributed by atoms with E-state index < -0.39 is 0 Å². The molecule has 0 unspecified atom stereocenters. The van der Waals surface area contributed by atoms with Gasteiger partial charge in [-0.1, -0.05) is 108 Å². The molecule has 2 heterocycles. The van der Waals surface area contributed by atoms with Gasteiger partial charge < -0.3 is 15.5 Å². The van der Waals surface area contributed by atoms with Crippen molar-refractivity contribution in [3.63, 3.8) is 0 Å². The van der Waals surface area contributed by atoms with Gasteiger partial charge in [-0.3, -0.25) is 14.4 Å². The van der Waals surface area contributed by atoms with Crippen LogP contribution in [0.3, 0.4) is 0 Å². The second-order valence-electron chi connectivity index (χ2n) is 10.9. The smallest absolute Gasteiger partial charge is 0.256 e. The summed E-state index contributed by atoms with van der Waals surface area (Å²) >= 11 is 24.2. The first-order valence-corrected chi connectivity index (χ1v) is 15.6. The van der Waals surface area contributed by atoms with Gasteiger partial charge in [-0.25, -0.2) is 0 Å². The minimum absolute atomic E-state index is 0. The van der Waals surface area contributed by atoms with Crippen LogP contribution in [0.1, 0.15) is 45.6 Å². The highest BCUT2D eigenvalue weighted by Crippen LogP contribution is 2.43. The van der Waals surface area contributed by atoms with Gasteiger partial charge in [0.15, 0.2) is 5.78 Å². The Morgan fingerprint density at radius 3 is 1.60 bits per heavy atom. The molecule has 11 heteroatoms. The summed E-state index contributed by atoms with van der Waals surface area (Å²) in [7, 11) is 1.50. The summed E-state index contributed by atoms with van der Waals surface area (Å²) in [6.07, 6.45) is 1.07. The molecule has 0 saturated heterocycles. The highest BCUT2D eigenvalue weighted by molar-refractivity contribution is 6.45. The molecule has 4 aromatic carbocycles. The maximum atomic E-state index is 12.6. The first kappa shape index (κ1) is 32.5.